The average molecular weight is 359 g/mol. The minimum absolute atomic E-state index is 0.0145. The summed E-state index contributed by atoms with van der Waals surface area (Å²) in [5.41, 5.74) is 4.61. The van der Waals surface area contributed by atoms with Crippen molar-refractivity contribution < 1.29 is 4.79 Å². The Hall–Kier alpha value is -3.06. The maximum atomic E-state index is 12.9. The standard InChI is InChI=1S/C23H25N3O/c1-3-18-10-12-19(13-11-18)17(2)25-16-21(15-24)23(27)26-14-6-8-20-7-4-5-9-22(20)26/h4-5,7,9-13,16-17,25H,3,6,8,14H2,1-2H3/b21-16-. The number of carbonyl (C=O) groups excluding carboxylic acids is 1. The van der Waals surface area contributed by atoms with Crippen LogP contribution >= 0.6 is 0 Å². The first kappa shape index (κ1) is 18.7. The lowest BCUT2D eigenvalue weighted by molar-refractivity contribution is -0.114. The van der Waals surface area contributed by atoms with Crippen molar-refractivity contribution in [2.24, 2.45) is 0 Å². The van der Waals surface area contributed by atoms with E-state index in [4.69, 9.17) is 0 Å². The molecule has 0 aromatic heterocycles. The average Bonchev–Trinajstić information content (AvgIpc) is 2.73. The minimum Gasteiger partial charge on any atom is -0.383 e. The molecule has 0 saturated heterocycles. The topological polar surface area (TPSA) is 56.1 Å². The number of aryl methyl sites for hydroxylation is 2. The second-order valence-electron chi connectivity index (χ2n) is 6.84. The number of hydrogen-bond donors (Lipinski definition) is 1. The van der Waals surface area contributed by atoms with Gasteiger partial charge in [-0.3, -0.25) is 4.79 Å². The van der Waals surface area contributed by atoms with Crippen LogP contribution in [-0.4, -0.2) is 12.5 Å². The van der Waals surface area contributed by atoms with E-state index < -0.39 is 0 Å². The van der Waals surface area contributed by atoms with E-state index in [1.165, 1.54) is 5.56 Å². The van der Waals surface area contributed by atoms with Crippen molar-refractivity contribution in [1.82, 2.24) is 5.32 Å². The molecular weight excluding hydrogens is 334 g/mol. The zero-order chi connectivity index (χ0) is 19.2. The van der Waals surface area contributed by atoms with Crippen molar-refractivity contribution in [2.45, 2.75) is 39.2 Å². The molecule has 1 aliphatic heterocycles. The number of nitrogens with one attached hydrogen (secondary N) is 1. The van der Waals surface area contributed by atoms with Gasteiger partial charge in [0.2, 0.25) is 0 Å². The van der Waals surface area contributed by atoms with E-state index in [0.29, 0.717) is 6.54 Å². The summed E-state index contributed by atoms with van der Waals surface area (Å²) in [4.78, 5) is 14.6. The van der Waals surface area contributed by atoms with Gasteiger partial charge in [0.25, 0.3) is 5.91 Å². The van der Waals surface area contributed by atoms with Crippen LogP contribution in [0.5, 0.6) is 0 Å². The number of anilines is 1. The summed E-state index contributed by atoms with van der Waals surface area (Å²) in [7, 11) is 0. The largest absolute Gasteiger partial charge is 0.383 e. The third-order valence-corrected chi connectivity index (χ3v) is 5.07. The molecule has 2 aromatic carbocycles. The first-order chi connectivity index (χ1) is 13.1. The molecule has 138 valence electrons. The fraction of sp³-hybridized carbons (Fsp3) is 0.304. The second kappa shape index (κ2) is 8.55. The summed E-state index contributed by atoms with van der Waals surface area (Å²) in [6.45, 7) is 4.79. The number of nitriles is 1. The number of benzene rings is 2. The zero-order valence-corrected chi connectivity index (χ0v) is 15.9. The molecule has 27 heavy (non-hydrogen) atoms. The van der Waals surface area contributed by atoms with Crippen molar-refractivity contribution >= 4 is 11.6 Å². The SMILES string of the molecule is CCc1ccc(C(C)N/C=C(/C#N)C(=O)N2CCCc3ccccc32)cc1. The molecule has 0 spiro atoms. The maximum absolute atomic E-state index is 12.9. The van der Waals surface area contributed by atoms with Crippen LogP contribution in [0.4, 0.5) is 5.69 Å². The van der Waals surface area contributed by atoms with E-state index in [-0.39, 0.29) is 17.5 Å². The molecule has 1 unspecified atom stereocenters. The fourth-order valence-corrected chi connectivity index (χ4v) is 3.38. The Balaban J connectivity index is 1.74. The smallest absolute Gasteiger partial charge is 0.270 e. The van der Waals surface area contributed by atoms with Gasteiger partial charge in [-0.2, -0.15) is 5.26 Å². The Kier molecular flexibility index (Phi) is 5.93. The molecule has 1 atom stereocenters. The van der Waals surface area contributed by atoms with Crippen LogP contribution in [0.25, 0.3) is 0 Å². The highest BCUT2D eigenvalue weighted by molar-refractivity contribution is 6.08. The molecule has 3 rings (SSSR count). The van der Waals surface area contributed by atoms with Gasteiger partial charge in [-0.05, 0) is 48.9 Å². The van der Waals surface area contributed by atoms with Gasteiger partial charge in [-0.1, -0.05) is 49.4 Å². The van der Waals surface area contributed by atoms with Crippen molar-refractivity contribution in [3.8, 4) is 6.07 Å². The molecule has 1 heterocycles. The molecule has 1 aliphatic rings. The van der Waals surface area contributed by atoms with E-state index in [9.17, 15) is 10.1 Å². The van der Waals surface area contributed by atoms with Crippen molar-refractivity contribution in [2.75, 3.05) is 11.4 Å². The molecule has 0 radical (unpaired) electrons. The molecule has 0 fully saturated rings. The maximum Gasteiger partial charge on any atom is 0.270 e. The van der Waals surface area contributed by atoms with Crippen LogP contribution in [0.3, 0.4) is 0 Å². The predicted octanol–water partition coefficient (Wildman–Crippen LogP) is 4.29. The Morgan fingerprint density at radius 1 is 1.26 bits per heavy atom. The summed E-state index contributed by atoms with van der Waals surface area (Å²) in [6.07, 6.45) is 4.44. The lowest BCUT2D eigenvalue weighted by Gasteiger charge is -2.29. The van der Waals surface area contributed by atoms with Gasteiger partial charge in [0.15, 0.2) is 0 Å². The highest BCUT2D eigenvalue weighted by Crippen LogP contribution is 2.27. The molecule has 0 bridgehead atoms. The van der Waals surface area contributed by atoms with Crippen molar-refractivity contribution in [3.63, 3.8) is 0 Å². The van der Waals surface area contributed by atoms with Gasteiger partial charge in [0, 0.05) is 24.5 Å². The quantitative estimate of drug-likeness (QED) is 0.640. The monoisotopic (exact) mass is 359 g/mol. The first-order valence-electron chi connectivity index (χ1n) is 9.49. The third-order valence-electron chi connectivity index (χ3n) is 5.07. The van der Waals surface area contributed by atoms with Crippen molar-refractivity contribution in [3.05, 3.63) is 77.0 Å². The van der Waals surface area contributed by atoms with Gasteiger partial charge in [-0.25, -0.2) is 0 Å². The molecule has 1 N–H and O–H groups in total. The molecular formula is C23H25N3O. The molecule has 4 heteroatoms. The number of fused-ring (bicyclic) bond motifs is 1. The van der Waals surface area contributed by atoms with E-state index in [0.717, 1.165) is 36.1 Å². The minimum atomic E-state index is -0.245. The third kappa shape index (κ3) is 4.20. The summed E-state index contributed by atoms with van der Waals surface area (Å²) in [6, 6.07) is 18.4. The fourth-order valence-electron chi connectivity index (χ4n) is 3.38. The van der Waals surface area contributed by atoms with Crippen LogP contribution < -0.4 is 10.2 Å². The van der Waals surface area contributed by atoms with Gasteiger partial charge in [0.05, 0.1) is 0 Å². The lowest BCUT2D eigenvalue weighted by Crippen LogP contribution is -2.36. The number of rotatable bonds is 5. The highest BCUT2D eigenvalue weighted by atomic mass is 16.2. The van der Waals surface area contributed by atoms with Crippen LogP contribution in [0.2, 0.25) is 0 Å². The van der Waals surface area contributed by atoms with Gasteiger partial charge in [0.1, 0.15) is 11.6 Å². The van der Waals surface area contributed by atoms with Crippen molar-refractivity contribution in [1.29, 1.82) is 5.26 Å². The molecule has 2 aromatic rings. The number of nitrogens with zero attached hydrogens (tertiary/aromatic N) is 2. The second-order valence-corrected chi connectivity index (χ2v) is 6.84. The van der Waals surface area contributed by atoms with E-state index in [1.54, 1.807) is 11.1 Å². The Morgan fingerprint density at radius 3 is 2.70 bits per heavy atom. The summed E-state index contributed by atoms with van der Waals surface area (Å²) < 4.78 is 0. The molecule has 0 saturated carbocycles. The number of amides is 1. The van der Waals surface area contributed by atoms with Crippen LogP contribution in [0.15, 0.2) is 60.3 Å². The normalized spacial score (nSPS) is 14.9. The molecule has 1 amide bonds. The Labute approximate surface area is 161 Å². The van der Waals surface area contributed by atoms with E-state index in [1.807, 2.05) is 31.2 Å². The summed E-state index contributed by atoms with van der Waals surface area (Å²) >= 11 is 0. The first-order valence-corrected chi connectivity index (χ1v) is 9.49. The van der Waals surface area contributed by atoms with Crippen LogP contribution in [0.1, 0.15) is 43.0 Å². The van der Waals surface area contributed by atoms with Crippen LogP contribution in [-0.2, 0) is 17.6 Å². The van der Waals surface area contributed by atoms with E-state index in [2.05, 4.69) is 42.6 Å². The number of para-hydroxylation sites is 1. The van der Waals surface area contributed by atoms with E-state index >= 15 is 0 Å². The summed E-state index contributed by atoms with van der Waals surface area (Å²) in [5.74, 6) is -0.245. The highest BCUT2D eigenvalue weighted by Gasteiger charge is 2.24. The van der Waals surface area contributed by atoms with Gasteiger partial charge < -0.3 is 10.2 Å². The number of carbonyl (C=O) groups is 1. The Bertz CT molecular complexity index is 877. The zero-order valence-electron chi connectivity index (χ0n) is 15.9. The number of hydrogen-bond acceptors (Lipinski definition) is 3. The predicted molar refractivity (Wildman–Crippen MR) is 108 cm³/mol. The van der Waals surface area contributed by atoms with Gasteiger partial charge in [-0.15, -0.1) is 0 Å². The Morgan fingerprint density at radius 2 is 2.00 bits per heavy atom. The lowest BCUT2D eigenvalue weighted by atomic mass is 10.0. The molecule has 0 aliphatic carbocycles. The summed E-state index contributed by atoms with van der Waals surface area (Å²) in [5, 5.41) is 12.7. The van der Waals surface area contributed by atoms with Crippen LogP contribution in [0, 0.1) is 11.3 Å². The molecule has 4 nitrogen and oxygen atoms in total. The van der Waals surface area contributed by atoms with Gasteiger partial charge >= 0.3 is 0 Å².